The number of hydrogen-bond donors (Lipinski definition) is 2. The predicted molar refractivity (Wildman–Crippen MR) is 111 cm³/mol. The van der Waals surface area contributed by atoms with E-state index in [4.69, 9.17) is 16.7 Å². The van der Waals surface area contributed by atoms with E-state index in [1.807, 2.05) is 0 Å². The molecule has 1 unspecified atom stereocenters. The molecule has 0 aliphatic carbocycles. The summed E-state index contributed by atoms with van der Waals surface area (Å²) in [5.41, 5.74) is -1.90. The molecular formula is C20H16ClF3N4O4. The van der Waals surface area contributed by atoms with Gasteiger partial charge in [-0.3, -0.25) is 19.0 Å². The predicted octanol–water partition coefficient (Wildman–Crippen LogP) is 3.53. The van der Waals surface area contributed by atoms with Crippen LogP contribution in [-0.4, -0.2) is 25.2 Å². The van der Waals surface area contributed by atoms with Crippen LogP contribution in [0.15, 0.2) is 58.5 Å². The molecule has 1 aromatic carbocycles. The molecule has 0 bridgehead atoms. The number of halogens is 4. The zero-order chi connectivity index (χ0) is 23.6. The largest absolute Gasteiger partial charge is 0.481 e. The zero-order valence-electron chi connectivity index (χ0n) is 16.4. The fourth-order valence-electron chi connectivity index (χ4n) is 2.79. The minimum absolute atomic E-state index is 0.0418. The van der Waals surface area contributed by atoms with Crippen molar-refractivity contribution in [2.45, 2.75) is 19.6 Å². The van der Waals surface area contributed by atoms with Gasteiger partial charge in [0.2, 0.25) is 0 Å². The highest BCUT2D eigenvalue weighted by Gasteiger charge is 2.31. The number of carboxylic acid groups (broad SMARTS) is 1. The van der Waals surface area contributed by atoms with Gasteiger partial charge in [-0.1, -0.05) is 18.5 Å². The number of aromatic nitrogens is 3. The maximum Gasteiger partial charge on any atom is 0.416 e. The zero-order valence-corrected chi connectivity index (χ0v) is 17.2. The molecule has 0 saturated heterocycles. The number of benzene rings is 1. The van der Waals surface area contributed by atoms with E-state index in [9.17, 15) is 27.6 Å². The van der Waals surface area contributed by atoms with E-state index in [1.54, 1.807) is 0 Å². The molecule has 32 heavy (non-hydrogen) atoms. The molecule has 168 valence electrons. The molecule has 3 aromatic rings. The molecule has 0 fully saturated rings. The fraction of sp³-hybridized carbons (Fsp3) is 0.200. The van der Waals surface area contributed by atoms with Crippen LogP contribution < -0.4 is 16.4 Å². The van der Waals surface area contributed by atoms with Crippen LogP contribution in [0.1, 0.15) is 12.5 Å². The van der Waals surface area contributed by atoms with Gasteiger partial charge in [0.05, 0.1) is 27.9 Å². The van der Waals surface area contributed by atoms with Crippen molar-refractivity contribution < 1.29 is 23.1 Å². The summed E-state index contributed by atoms with van der Waals surface area (Å²) in [5.74, 6) is -2.06. The van der Waals surface area contributed by atoms with Crippen molar-refractivity contribution in [1.82, 2.24) is 14.1 Å². The Hall–Kier alpha value is -3.60. The third-order valence-corrected chi connectivity index (χ3v) is 4.85. The third kappa shape index (κ3) is 4.99. The lowest BCUT2D eigenvalue weighted by Crippen LogP contribution is -2.27. The van der Waals surface area contributed by atoms with E-state index in [1.165, 1.54) is 36.1 Å². The summed E-state index contributed by atoms with van der Waals surface area (Å²) in [7, 11) is 0. The topological polar surface area (TPSA) is 106 Å². The van der Waals surface area contributed by atoms with Gasteiger partial charge in [-0.2, -0.15) is 13.2 Å². The summed E-state index contributed by atoms with van der Waals surface area (Å²) < 4.78 is 40.7. The molecular weight excluding hydrogens is 453 g/mol. The first-order valence-electron chi connectivity index (χ1n) is 9.12. The van der Waals surface area contributed by atoms with Crippen molar-refractivity contribution in [1.29, 1.82) is 0 Å². The van der Waals surface area contributed by atoms with Crippen LogP contribution in [0.25, 0.3) is 5.69 Å². The number of aliphatic carboxylic acids is 1. The summed E-state index contributed by atoms with van der Waals surface area (Å²) in [6.45, 7) is 1.42. The maximum atomic E-state index is 12.8. The summed E-state index contributed by atoms with van der Waals surface area (Å²) in [6.07, 6.45) is -0.632. The van der Waals surface area contributed by atoms with Gasteiger partial charge >= 0.3 is 12.1 Å². The molecule has 0 amide bonds. The van der Waals surface area contributed by atoms with E-state index < -0.39 is 34.7 Å². The Morgan fingerprint density at radius 2 is 1.94 bits per heavy atom. The Kier molecular flexibility index (Phi) is 6.40. The Morgan fingerprint density at radius 1 is 1.22 bits per heavy atom. The Bertz CT molecular complexity index is 1290. The van der Waals surface area contributed by atoms with Crippen molar-refractivity contribution in [2.75, 3.05) is 5.32 Å². The van der Waals surface area contributed by atoms with Crippen LogP contribution in [0, 0.1) is 5.92 Å². The third-order valence-electron chi connectivity index (χ3n) is 4.54. The fourth-order valence-corrected chi connectivity index (χ4v) is 3.02. The van der Waals surface area contributed by atoms with Crippen molar-refractivity contribution in [3.63, 3.8) is 0 Å². The Morgan fingerprint density at radius 3 is 2.53 bits per heavy atom. The van der Waals surface area contributed by atoms with Crippen LogP contribution in [0.3, 0.4) is 0 Å². The van der Waals surface area contributed by atoms with Gasteiger partial charge in [0, 0.05) is 31.2 Å². The highest BCUT2D eigenvalue weighted by Crippen LogP contribution is 2.34. The lowest BCUT2D eigenvalue weighted by Gasteiger charge is -2.13. The molecule has 0 aliphatic heterocycles. The molecule has 12 heteroatoms. The maximum absolute atomic E-state index is 12.8. The summed E-state index contributed by atoms with van der Waals surface area (Å²) in [5, 5.41) is 11.3. The van der Waals surface area contributed by atoms with Gasteiger partial charge in [0.1, 0.15) is 0 Å². The summed E-state index contributed by atoms with van der Waals surface area (Å²) in [6, 6.07) is 5.22. The molecule has 1 atom stereocenters. The number of nitrogens with zero attached hydrogens (tertiary/aromatic N) is 3. The Balaban J connectivity index is 1.91. The molecule has 2 N–H and O–H groups in total. The van der Waals surface area contributed by atoms with Crippen LogP contribution in [0.5, 0.6) is 0 Å². The van der Waals surface area contributed by atoms with Crippen molar-refractivity contribution in [3.05, 3.63) is 80.2 Å². The second kappa shape index (κ2) is 8.87. The molecule has 2 heterocycles. The number of carboxylic acids is 1. The molecule has 0 spiro atoms. The SMILES string of the molecule is CC(Cn1ccc(-n2ccnc(Nc3ccc(C(F)(F)F)cc3Cl)c2=O)cc1=O)C(=O)O. The van der Waals surface area contributed by atoms with Gasteiger partial charge in [-0.25, -0.2) is 4.98 Å². The lowest BCUT2D eigenvalue weighted by atomic mass is 10.2. The number of pyridine rings is 1. The van der Waals surface area contributed by atoms with Gasteiger partial charge in [-0.15, -0.1) is 0 Å². The number of nitrogens with one attached hydrogen (secondary N) is 1. The molecule has 2 aromatic heterocycles. The first kappa shape index (κ1) is 23.1. The molecule has 0 aliphatic rings. The lowest BCUT2D eigenvalue weighted by molar-refractivity contribution is -0.141. The normalized spacial score (nSPS) is 12.4. The number of alkyl halides is 3. The second-order valence-corrected chi connectivity index (χ2v) is 7.29. The number of anilines is 2. The van der Waals surface area contributed by atoms with E-state index >= 15 is 0 Å². The average Bonchev–Trinajstić information content (AvgIpc) is 2.71. The van der Waals surface area contributed by atoms with Crippen molar-refractivity contribution in [2.24, 2.45) is 5.92 Å². The van der Waals surface area contributed by atoms with Gasteiger partial charge < -0.3 is 15.0 Å². The second-order valence-electron chi connectivity index (χ2n) is 6.88. The van der Waals surface area contributed by atoms with Crippen LogP contribution in [-0.2, 0) is 17.5 Å². The molecule has 0 saturated carbocycles. The van der Waals surface area contributed by atoms with E-state index in [2.05, 4.69) is 10.3 Å². The van der Waals surface area contributed by atoms with E-state index in [0.717, 1.165) is 28.8 Å². The first-order valence-corrected chi connectivity index (χ1v) is 9.50. The Labute approximate surface area is 183 Å². The quantitative estimate of drug-likeness (QED) is 0.573. The standard InChI is InChI=1S/C20H16ClF3N4O4/c1-11(19(31)32)10-27-6-4-13(9-16(27)29)28-7-5-25-17(18(28)30)26-15-3-2-12(8-14(15)21)20(22,23)24/h2-9,11H,10H2,1H3,(H,25,26)(H,31,32). The molecule has 0 radical (unpaired) electrons. The minimum atomic E-state index is -4.57. The van der Waals surface area contributed by atoms with Crippen molar-refractivity contribution in [3.8, 4) is 5.69 Å². The highest BCUT2D eigenvalue weighted by molar-refractivity contribution is 6.33. The number of carbonyl (C=O) groups is 1. The average molecular weight is 469 g/mol. The van der Waals surface area contributed by atoms with Crippen LogP contribution in [0.4, 0.5) is 24.7 Å². The van der Waals surface area contributed by atoms with Crippen LogP contribution in [0.2, 0.25) is 5.02 Å². The van der Waals surface area contributed by atoms with Gasteiger partial charge in [0.25, 0.3) is 11.1 Å². The van der Waals surface area contributed by atoms with Gasteiger partial charge in [-0.05, 0) is 24.3 Å². The molecule has 3 rings (SSSR count). The summed E-state index contributed by atoms with van der Waals surface area (Å²) >= 11 is 5.91. The first-order chi connectivity index (χ1) is 15.0. The van der Waals surface area contributed by atoms with Crippen LogP contribution >= 0.6 is 11.6 Å². The van der Waals surface area contributed by atoms with E-state index in [0.29, 0.717) is 0 Å². The number of hydrogen-bond acceptors (Lipinski definition) is 5. The van der Waals surface area contributed by atoms with E-state index in [-0.39, 0.29) is 28.8 Å². The molecule has 8 nitrogen and oxygen atoms in total. The highest BCUT2D eigenvalue weighted by atomic mass is 35.5. The smallest absolute Gasteiger partial charge is 0.416 e. The van der Waals surface area contributed by atoms with Crippen molar-refractivity contribution >= 4 is 29.1 Å². The minimum Gasteiger partial charge on any atom is -0.481 e. The summed E-state index contributed by atoms with van der Waals surface area (Å²) in [4.78, 5) is 40.0. The number of rotatable bonds is 6. The van der Waals surface area contributed by atoms with Gasteiger partial charge in [0.15, 0.2) is 5.82 Å². The monoisotopic (exact) mass is 468 g/mol.